The number of halogens is 1. The van der Waals surface area contributed by atoms with Crippen LogP contribution in [0.5, 0.6) is 0 Å². The molecule has 5 rings (SSSR count). The number of amides is 1. The lowest BCUT2D eigenvalue weighted by atomic mass is 9.85. The normalized spacial score (nSPS) is 26.7. The molecule has 2 unspecified atom stereocenters. The summed E-state index contributed by atoms with van der Waals surface area (Å²) in [5.74, 6) is 0. The van der Waals surface area contributed by atoms with Gasteiger partial charge in [-0.05, 0) is 82.2 Å². The third-order valence-corrected chi connectivity index (χ3v) is 7.77. The fourth-order valence-electron chi connectivity index (χ4n) is 4.37. The molecular formula is C28H32ClN5O2S. The van der Waals surface area contributed by atoms with Crippen molar-refractivity contribution in [3.8, 4) is 0 Å². The minimum Gasteiger partial charge on any atom is -0.444 e. The highest BCUT2D eigenvalue weighted by Gasteiger charge is 2.53. The van der Waals surface area contributed by atoms with Gasteiger partial charge in [0, 0.05) is 35.8 Å². The molecule has 1 amide bonds. The van der Waals surface area contributed by atoms with Gasteiger partial charge in [0.2, 0.25) is 0 Å². The zero-order chi connectivity index (χ0) is 26.3. The molecule has 2 fully saturated rings. The number of hydrogen-bond acceptors (Lipinski definition) is 7. The number of nitrogens with one attached hydrogen (secondary N) is 3. The molecule has 0 saturated carbocycles. The van der Waals surface area contributed by atoms with E-state index in [0.717, 1.165) is 47.4 Å². The number of ether oxygens (including phenoxy) is 1. The van der Waals surface area contributed by atoms with Crippen molar-refractivity contribution in [2.45, 2.75) is 62.1 Å². The van der Waals surface area contributed by atoms with Crippen LogP contribution in [0.1, 0.15) is 40.5 Å². The lowest BCUT2D eigenvalue weighted by Gasteiger charge is -2.25. The Balaban J connectivity index is 1.32. The molecule has 4 heterocycles. The van der Waals surface area contributed by atoms with E-state index in [0.29, 0.717) is 17.1 Å². The van der Waals surface area contributed by atoms with Gasteiger partial charge in [-0.15, -0.1) is 5.73 Å². The van der Waals surface area contributed by atoms with Crippen LogP contribution in [0, 0.1) is 0 Å². The van der Waals surface area contributed by atoms with Gasteiger partial charge in [-0.3, -0.25) is 10.3 Å². The van der Waals surface area contributed by atoms with Crippen LogP contribution in [0.2, 0.25) is 0 Å². The summed E-state index contributed by atoms with van der Waals surface area (Å²) in [7, 11) is 0. The monoisotopic (exact) mass is 537 g/mol. The number of anilines is 1. The Bertz CT molecular complexity index is 1290. The maximum absolute atomic E-state index is 12.1. The van der Waals surface area contributed by atoms with Gasteiger partial charge in [-0.1, -0.05) is 23.4 Å². The highest BCUT2D eigenvalue weighted by atomic mass is 35.5. The standard InChI is InChI=1S/C28H32ClN5O2S/c1-18-12-19(28(15-30-18)17-32-28)14-27(16-31-27)23-13-20(29)6-5-7-24(34-23)37-22-10-8-21(9-11-22)33-25(35)36-26(2,3)4/h5,8-13,31-32H,7,14-17H2,1-4H3,(H,33,35). The van der Waals surface area contributed by atoms with E-state index in [4.69, 9.17) is 21.3 Å². The van der Waals surface area contributed by atoms with Crippen molar-refractivity contribution in [1.82, 2.24) is 10.6 Å². The summed E-state index contributed by atoms with van der Waals surface area (Å²) >= 11 is 8.07. The molecule has 0 aromatic heterocycles. The number of thioether (sulfide) groups is 1. The van der Waals surface area contributed by atoms with E-state index in [1.807, 2.05) is 57.2 Å². The number of aliphatic imine (C=N–C) groups is 2. The van der Waals surface area contributed by atoms with Crippen molar-refractivity contribution in [1.29, 1.82) is 0 Å². The fraction of sp³-hybridized carbons (Fsp3) is 0.429. The molecule has 0 aliphatic carbocycles. The molecule has 4 aliphatic heterocycles. The van der Waals surface area contributed by atoms with Crippen molar-refractivity contribution in [2.75, 3.05) is 25.0 Å². The summed E-state index contributed by atoms with van der Waals surface area (Å²) < 4.78 is 5.33. The molecule has 9 heteroatoms. The first-order valence-electron chi connectivity index (χ1n) is 12.4. The number of allylic oxidation sites excluding steroid dienone is 3. The second-order valence-electron chi connectivity index (χ2n) is 10.9. The number of carbonyl (C=O) groups is 1. The number of dihydropyridines is 1. The Morgan fingerprint density at radius 3 is 2.59 bits per heavy atom. The summed E-state index contributed by atoms with van der Waals surface area (Å²) in [5, 5.41) is 11.4. The molecule has 4 aliphatic rings. The van der Waals surface area contributed by atoms with Crippen molar-refractivity contribution in [3.63, 3.8) is 0 Å². The zero-order valence-corrected chi connectivity index (χ0v) is 23.1. The van der Waals surface area contributed by atoms with Crippen LogP contribution in [-0.2, 0) is 4.74 Å². The smallest absolute Gasteiger partial charge is 0.412 e. The van der Waals surface area contributed by atoms with Gasteiger partial charge in [0.15, 0.2) is 0 Å². The number of hydrogen-bond donors (Lipinski definition) is 3. The minimum absolute atomic E-state index is 0.00880. The van der Waals surface area contributed by atoms with E-state index < -0.39 is 11.7 Å². The van der Waals surface area contributed by atoms with E-state index in [2.05, 4.69) is 39.7 Å². The van der Waals surface area contributed by atoms with Crippen molar-refractivity contribution < 1.29 is 9.53 Å². The second-order valence-corrected chi connectivity index (χ2v) is 12.4. The third-order valence-electron chi connectivity index (χ3n) is 6.55. The molecule has 37 heavy (non-hydrogen) atoms. The van der Waals surface area contributed by atoms with Crippen LogP contribution < -0.4 is 16.0 Å². The van der Waals surface area contributed by atoms with Crippen LogP contribution in [0.25, 0.3) is 0 Å². The van der Waals surface area contributed by atoms with E-state index in [1.54, 1.807) is 11.8 Å². The van der Waals surface area contributed by atoms with Gasteiger partial charge in [-0.25, -0.2) is 9.79 Å². The lowest BCUT2D eigenvalue weighted by molar-refractivity contribution is 0.0636. The molecule has 1 aromatic rings. The summed E-state index contributed by atoms with van der Waals surface area (Å²) in [4.78, 5) is 22.8. The maximum atomic E-state index is 12.1. The van der Waals surface area contributed by atoms with Crippen LogP contribution in [0.3, 0.4) is 0 Å². The molecule has 194 valence electrons. The van der Waals surface area contributed by atoms with Gasteiger partial charge in [0.05, 0.1) is 33.4 Å². The van der Waals surface area contributed by atoms with Crippen LogP contribution in [-0.4, -0.2) is 53.2 Å². The van der Waals surface area contributed by atoms with E-state index >= 15 is 0 Å². The maximum Gasteiger partial charge on any atom is 0.412 e. The van der Waals surface area contributed by atoms with E-state index in [1.165, 1.54) is 5.57 Å². The zero-order valence-electron chi connectivity index (χ0n) is 21.6. The summed E-state index contributed by atoms with van der Waals surface area (Å²) in [5.41, 5.74) is 6.45. The number of benzene rings is 1. The first kappa shape index (κ1) is 26.0. The Kier molecular flexibility index (Phi) is 6.98. The minimum atomic E-state index is -0.546. The number of nitrogens with zero attached hydrogens (tertiary/aromatic N) is 2. The van der Waals surface area contributed by atoms with Crippen LogP contribution in [0.15, 0.2) is 79.4 Å². The molecule has 2 atom stereocenters. The Hall–Kier alpha value is -2.61. The van der Waals surface area contributed by atoms with Gasteiger partial charge in [0.1, 0.15) is 5.60 Å². The quantitative estimate of drug-likeness (QED) is 0.336. The molecule has 1 spiro atoms. The molecule has 3 N–H and O–H groups in total. The van der Waals surface area contributed by atoms with E-state index in [9.17, 15) is 4.79 Å². The highest BCUT2D eigenvalue weighted by Crippen LogP contribution is 2.43. The predicted molar refractivity (Wildman–Crippen MR) is 152 cm³/mol. The predicted octanol–water partition coefficient (Wildman–Crippen LogP) is 5.56. The fourth-order valence-corrected chi connectivity index (χ4v) is 5.41. The molecule has 1 aromatic carbocycles. The Morgan fingerprint density at radius 1 is 1.22 bits per heavy atom. The SMILES string of the molecule is CC1=NCC2(CN2)C(CC2(C3=CC(Cl)=C=CCC(Sc4ccc(NC(=O)OC(C)(C)C)cc4)=N3)CN2)=C1. The summed E-state index contributed by atoms with van der Waals surface area (Å²) in [6.07, 6.45) is 7.09. The average Bonchev–Trinajstić information content (AvgIpc) is 3.72. The largest absolute Gasteiger partial charge is 0.444 e. The van der Waals surface area contributed by atoms with Crippen LogP contribution in [0.4, 0.5) is 10.5 Å². The highest BCUT2D eigenvalue weighted by molar-refractivity contribution is 8.14. The molecule has 2 saturated heterocycles. The average molecular weight is 538 g/mol. The third kappa shape index (κ3) is 6.46. The van der Waals surface area contributed by atoms with E-state index in [-0.39, 0.29) is 11.1 Å². The van der Waals surface area contributed by atoms with Gasteiger partial charge in [-0.2, -0.15) is 0 Å². The first-order valence-corrected chi connectivity index (χ1v) is 13.6. The van der Waals surface area contributed by atoms with Gasteiger partial charge < -0.3 is 15.4 Å². The topological polar surface area (TPSA) is 107 Å². The number of rotatable bonds is 5. The van der Waals surface area contributed by atoms with Gasteiger partial charge in [0.25, 0.3) is 0 Å². The first-order chi connectivity index (χ1) is 17.5. The summed E-state index contributed by atoms with van der Waals surface area (Å²) in [6.45, 7) is 10.2. The molecule has 7 nitrogen and oxygen atoms in total. The van der Waals surface area contributed by atoms with Gasteiger partial charge >= 0.3 is 6.09 Å². The lowest BCUT2D eigenvalue weighted by Crippen LogP contribution is -2.32. The molecule has 0 radical (unpaired) electrons. The van der Waals surface area contributed by atoms with Crippen LogP contribution >= 0.6 is 23.4 Å². The molecular weight excluding hydrogens is 506 g/mol. The Morgan fingerprint density at radius 2 is 1.95 bits per heavy atom. The van der Waals surface area contributed by atoms with Crippen molar-refractivity contribution in [2.24, 2.45) is 9.98 Å². The van der Waals surface area contributed by atoms with Crippen molar-refractivity contribution >= 4 is 45.9 Å². The summed E-state index contributed by atoms with van der Waals surface area (Å²) in [6, 6.07) is 7.67. The molecule has 0 bridgehead atoms. The number of carbonyl (C=O) groups excluding carboxylic acids is 1. The Labute approximate surface area is 227 Å². The van der Waals surface area contributed by atoms with Crippen molar-refractivity contribution in [3.05, 3.63) is 64.5 Å². The second kappa shape index (κ2) is 9.93.